The number of nitrogens with two attached hydrogens (primary N) is 4. The number of rotatable bonds is 13. The number of thiophene rings is 2. The molecule has 0 spiro atoms. The summed E-state index contributed by atoms with van der Waals surface area (Å²) in [6.07, 6.45) is 7.71. The second-order valence-electron chi connectivity index (χ2n) is 34.3. The van der Waals surface area contributed by atoms with E-state index >= 15 is 0 Å². The minimum absolute atomic E-state index is 0.00967. The zero-order valence-corrected chi connectivity index (χ0v) is 73.5. The van der Waals surface area contributed by atoms with E-state index in [1.807, 2.05) is 162 Å². The maximum Gasteiger partial charge on any atom is 0.239 e. The van der Waals surface area contributed by atoms with Gasteiger partial charge in [0.1, 0.15) is 16.6 Å². The van der Waals surface area contributed by atoms with E-state index in [2.05, 4.69) is 141 Å². The van der Waals surface area contributed by atoms with Gasteiger partial charge in [0.05, 0.1) is 81.5 Å². The van der Waals surface area contributed by atoms with Gasteiger partial charge in [0.2, 0.25) is 23.6 Å². The molecule has 0 unspecified atom stereocenters. The zero-order chi connectivity index (χ0) is 88.4. The Hall–Kier alpha value is -13.8. The summed E-state index contributed by atoms with van der Waals surface area (Å²) in [4.78, 5) is 88.1. The van der Waals surface area contributed by atoms with Crippen LogP contribution in [0.15, 0.2) is 243 Å². The van der Waals surface area contributed by atoms with Gasteiger partial charge in [-0.15, -0.1) is 22.7 Å². The molecule has 4 aliphatic rings. The van der Waals surface area contributed by atoms with Gasteiger partial charge in [-0.3, -0.25) is 53.4 Å². The van der Waals surface area contributed by atoms with Gasteiger partial charge < -0.3 is 22.9 Å². The average molecular weight is 1670 g/mol. The molecule has 0 fully saturated rings. The zero-order valence-electron chi connectivity index (χ0n) is 71.9. The lowest BCUT2D eigenvalue weighted by Gasteiger charge is -2.41. The summed E-state index contributed by atoms with van der Waals surface area (Å²) in [7, 11) is 6.84. The summed E-state index contributed by atoms with van der Waals surface area (Å²) >= 11 is 3.26. The number of pyridine rings is 2. The average Bonchev–Trinajstić information content (AvgIpc) is 1.72. The molecule has 0 saturated carbocycles. The summed E-state index contributed by atoms with van der Waals surface area (Å²) in [5.74, 6) is -1.01. The van der Waals surface area contributed by atoms with Crippen LogP contribution in [0, 0.1) is 34.0 Å². The van der Waals surface area contributed by atoms with Crippen molar-refractivity contribution in [2.45, 2.75) is 146 Å². The number of fused-ring (bicyclic) bond motifs is 2. The number of nitriles is 3. The first-order valence-corrected chi connectivity index (χ1v) is 42.4. The fourth-order valence-electron chi connectivity index (χ4n) is 16.3. The molecule has 624 valence electrons. The Morgan fingerprint density at radius 3 is 1.41 bits per heavy atom. The summed E-state index contributed by atoms with van der Waals surface area (Å²) in [6, 6.07) is 68.9. The third-order valence-corrected chi connectivity index (χ3v) is 25.7. The van der Waals surface area contributed by atoms with Crippen molar-refractivity contribution in [1.29, 1.82) is 15.8 Å². The van der Waals surface area contributed by atoms with Crippen molar-refractivity contribution in [3.63, 3.8) is 0 Å². The van der Waals surface area contributed by atoms with Crippen LogP contribution in [-0.4, -0.2) is 115 Å². The lowest BCUT2D eigenvalue weighted by atomic mass is 9.73. The van der Waals surface area contributed by atoms with E-state index in [1.54, 1.807) is 96.1 Å². The first-order valence-electron chi connectivity index (χ1n) is 40.6. The van der Waals surface area contributed by atoms with Gasteiger partial charge in [-0.2, -0.15) is 20.9 Å². The number of amides is 4. The van der Waals surface area contributed by atoms with Crippen LogP contribution >= 0.6 is 22.7 Å². The van der Waals surface area contributed by atoms with Crippen LogP contribution in [0.3, 0.4) is 0 Å². The molecule has 23 nitrogen and oxygen atoms in total. The van der Waals surface area contributed by atoms with Crippen molar-refractivity contribution in [3.8, 4) is 51.8 Å². The van der Waals surface area contributed by atoms with Gasteiger partial charge >= 0.3 is 0 Å². The Balaban J connectivity index is 0.000000143. The lowest BCUT2D eigenvalue weighted by Crippen LogP contribution is -2.52. The number of nitrogens with zero attached hydrogens (tertiary/aromatic N) is 15. The van der Waals surface area contributed by atoms with Crippen LogP contribution in [-0.2, 0) is 59.2 Å². The molecule has 0 aliphatic carbocycles. The van der Waals surface area contributed by atoms with Crippen molar-refractivity contribution >= 4 is 91.1 Å². The van der Waals surface area contributed by atoms with E-state index in [0.29, 0.717) is 47.0 Å². The van der Waals surface area contributed by atoms with Crippen molar-refractivity contribution in [2.75, 3.05) is 27.7 Å². The highest BCUT2D eigenvalue weighted by Gasteiger charge is 2.51. The first kappa shape index (κ1) is 87.0. The second kappa shape index (κ2) is 34.7. The van der Waals surface area contributed by atoms with E-state index in [9.17, 15) is 35.0 Å². The standard InChI is InChI=1S/2C28H29N5O.C25H22N6OS.C17H21N3OS/c2*1-27(2,3)21-11-9-19(10-12-21)24-25(34)33(5)26(30)32-28(24,4)22-13-14-31-23(16-22)20-8-6-7-18(15-20)17-29;1-25(21-11-19(14-33-21)16-6-4-5-15(9-16)12-26)22(23(32)31(3)24(27)28-25)17-7-8-20-18(10-17)13-30(2)29-20;1-3-4-8-20-15(21)11-17(2,19-16(20)18)13-5-6-14-12(10-13)7-9-22-14/h2*6-16,24H,1-5H3,(H2,30,32);4-11,13-14,22H,1-3H3,(H2,27,28);5-7,9-10H,3-4,8,11H2,1-2H3,(H2,18,19)/t24-,28+;24-,28-;22-,25-;17-/m0110/s1. The number of hydrogen-bond donors (Lipinski definition) is 4. The molecule has 0 saturated heterocycles. The van der Waals surface area contributed by atoms with Gasteiger partial charge in [-0.25, -0.2) is 20.0 Å². The molecule has 123 heavy (non-hydrogen) atoms. The van der Waals surface area contributed by atoms with E-state index in [4.69, 9.17) is 37.9 Å². The molecule has 16 rings (SSSR count). The van der Waals surface area contributed by atoms with Gasteiger partial charge in [-0.05, 0) is 214 Å². The maximum absolute atomic E-state index is 13.6. The number of carbonyl (C=O) groups excluding carboxylic acids is 4. The maximum atomic E-state index is 13.6. The Bertz CT molecular complexity index is 6140. The summed E-state index contributed by atoms with van der Waals surface area (Å²) in [6.45, 7) is 23.6. The Morgan fingerprint density at radius 2 is 0.935 bits per heavy atom. The number of likely N-dealkylation sites (N-methyl/N-ethyl adjacent to an activating group) is 3. The van der Waals surface area contributed by atoms with Crippen molar-refractivity contribution in [2.24, 2.45) is 50.0 Å². The number of aliphatic imine (C=N–C) groups is 4. The van der Waals surface area contributed by atoms with Crippen LogP contribution in [0.4, 0.5) is 0 Å². The summed E-state index contributed by atoms with van der Waals surface area (Å²) < 4.78 is 3.01. The van der Waals surface area contributed by atoms with Gasteiger partial charge in [0, 0.05) is 79.4 Å². The fraction of sp³-hybridized carbons (Fsp3) is 0.286. The van der Waals surface area contributed by atoms with Crippen LogP contribution in [0.25, 0.3) is 54.6 Å². The predicted molar refractivity (Wildman–Crippen MR) is 490 cm³/mol. The number of hydrogen-bond acceptors (Lipinski definition) is 20. The minimum Gasteiger partial charge on any atom is -0.369 e. The van der Waals surface area contributed by atoms with E-state index in [-0.39, 0.29) is 52.3 Å². The third kappa shape index (κ3) is 17.8. The largest absolute Gasteiger partial charge is 0.369 e. The number of aromatic nitrogens is 4. The molecule has 8 N–H and O–H groups in total. The van der Waals surface area contributed by atoms with E-state index < -0.39 is 39.9 Å². The molecule has 25 heteroatoms. The monoisotopic (exact) mass is 1670 g/mol. The number of benzene rings is 7. The number of carbonyl (C=O) groups is 4. The van der Waals surface area contributed by atoms with Crippen LogP contribution in [0.2, 0.25) is 0 Å². The lowest BCUT2D eigenvalue weighted by molar-refractivity contribution is -0.131. The van der Waals surface area contributed by atoms with Crippen LogP contribution in [0.1, 0.15) is 179 Å². The fourth-order valence-corrected chi connectivity index (χ4v) is 18.1. The molecular weight excluding hydrogens is 1570 g/mol. The number of guanidine groups is 4. The molecule has 7 atom stereocenters. The van der Waals surface area contributed by atoms with E-state index in [1.165, 1.54) is 35.9 Å². The highest BCUT2D eigenvalue weighted by atomic mass is 32.1. The number of aryl methyl sites for hydroxylation is 1. The highest BCUT2D eigenvalue weighted by Crippen LogP contribution is 2.50. The Labute approximate surface area is 726 Å². The molecule has 12 aromatic rings. The predicted octanol–water partition coefficient (Wildman–Crippen LogP) is 16.8. The van der Waals surface area contributed by atoms with Crippen LogP contribution < -0.4 is 22.9 Å². The van der Waals surface area contributed by atoms with E-state index in [0.717, 1.165) is 84.3 Å². The summed E-state index contributed by atoms with van der Waals surface area (Å²) in [5.41, 5.74) is 36.7. The molecule has 4 aliphatic heterocycles. The second-order valence-corrected chi connectivity index (χ2v) is 36.2. The van der Waals surface area contributed by atoms with Gasteiger partial charge in [0.25, 0.3) is 0 Å². The van der Waals surface area contributed by atoms with Gasteiger partial charge in [0.15, 0.2) is 23.8 Å². The topological polar surface area (TPSA) is 350 Å². The van der Waals surface area contributed by atoms with Crippen molar-refractivity contribution < 1.29 is 19.2 Å². The quantitative estimate of drug-likeness (QED) is 0.0834. The Morgan fingerprint density at radius 1 is 0.472 bits per heavy atom. The molecule has 0 bridgehead atoms. The smallest absolute Gasteiger partial charge is 0.239 e. The molecule has 9 heterocycles. The van der Waals surface area contributed by atoms with Gasteiger partial charge in [-0.1, -0.05) is 152 Å². The first-order chi connectivity index (χ1) is 58.4. The molecule has 7 aromatic carbocycles. The molecule has 5 aromatic heterocycles. The highest BCUT2D eigenvalue weighted by molar-refractivity contribution is 7.17. The normalized spacial score (nSPS) is 20.9. The van der Waals surface area contributed by atoms with Crippen LogP contribution in [0.5, 0.6) is 0 Å². The molecule has 0 radical (unpaired) electrons. The summed E-state index contributed by atoms with van der Waals surface area (Å²) in [5, 5.41) is 38.5. The van der Waals surface area contributed by atoms with Crippen molar-refractivity contribution in [3.05, 3.63) is 290 Å². The third-order valence-electron chi connectivity index (χ3n) is 23.6. The number of unbranched alkanes of at least 4 members (excludes halogenated alkanes) is 1. The van der Waals surface area contributed by atoms with Crippen molar-refractivity contribution in [1.82, 2.24) is 39.3 Å². The molecular formula is C98H101N19O4S2. The molecule has 4 amide bonds. The Kier molecular flexibility index (Phi) is 24.6. The SMILES string of the molecule is CCCCN1C(=O)C[C@@](C)(c2ccc3sccc3c2)N=C1N.CN1C(=O)[C@@H](c2ccc(C(C)(C)C)cc2)[C@@](C)(c2ccnc(-c3cccc(C#N)c3)c2)N=C1N.CN1C(=O)[C@@H](c2ccc3nn(C)cc3c2)[C@@](C)(c2cc(-c3cccc(C#N)c3)cs2)N=C1N.CN1C(=O)[C@H](c2ccc(C(C)(C)C)cc2)[C@@](C)(c2ccnc(-c3cccc(C#N)c3)c2)N=C1N. The minimum atomic E-state index is -0.929.